The third-order valence-electron chi connectivity index (χ3n) is 2.50. The van der Waals surface area contributed by atoms with Crippen molar-refractivity contribution in [2.45, 2.75) is 33.3 Å². The predicted molar refractivity (Wildman–Crippen MR) is 80.6 cm³/mol. The van der Waals surface area contributed by atoms with E-state index >= 15 is 0 Å². The Morgan fingerprint density at radius 2 is 1.90 bits per heavy atom. The molecule has 1 rings (SSSR count). The highest BCUT2D eigenvalue weighted by Gasteiger charge is 2.16. The van der Waals surface area contributed by atoms with Crippen LogP contribution in [0.2, 0.25) is 0 Å². The second-order valence-electron chi connectivity index (χ2n) is 5.58. The minimum atomic E-state index is -0.621. The van der Waals surface area contributed by atoms with Crippen LogP contribution in [0.15, 0.2) is 18.2 Å². The summed E-state index contributed by atoms with van der Waals surface area (Å²) in [5, 5.41) is 5.12. The van der Waals surface area contributed by atoms with Crippen LogP contribution < -0.4 is 15.4 Å². The highest BCUT2D eigenvalue weighted by atomic mass is 16.6. The molecule has 0 unspecified atom stereocenters. The van der Waals surface area contributed by atoms with Gasteiger partial charge in [0.2, 0.25) is 5.91 Å². The first-order chi connectivity index (χ1) is 9.71. The smallest absolute Gasteiger partial charge is 0.408 e. The Labute approximate surface area is 124 Å². The summed E-state index contributed by atoms with van der Waals surface area (Å²) in [4.78, 5) is 23.2. The monoisotopic (exact) mass is 294 g/mol. The van der Waals surface area contributed by atoms with Gasteiger partial charge in [0.15, 0.2) is 0 Å². The molecule has 2 amide bonds. The Morgan fingerprint density at radius 1 is 1.24 bits per heavy atom. The molecule has 6 nitrogen and oxygen atoms in total. The molecule has 0 atom stereocenters. The van der Waals surface area contributed by atoms with Gasteiger partial charge in [0.1, 0.15) is 17.9 Å². The molecule has 1 aromatic carbocycles. The maximum absolute atomic E-state index is 11.8. The van der Waals surface area contributed by atoms with Crippen LogP contribution >= 0.6 is 0 Å². The van der Waals surface area contributed by atoms with E-state index in [1.165, 1.54) is 0 Å². The molecule has 21 heavy (non-hydrogen) atoms. The van der Waals surface area contributed by atoms with E-state index in [2.05, 4.69) is 10.6 Å². The van der Waals surface area contributed by atoms with Gasteiger partial charge in [-0.05, 0) is 51.5 Å². The zero-order valence-corrected chi connectivity index (χ0v) is 13.1. The average Bonchev–Trinajstić information content (AvgIpc) is 2.37. The summed E-state index contributed by atoms with van der Waals surface area (Å²) in [6.45, 7) is 6.98. The summed E-state index contributed by atoms with van der Waals surface area (Å²) < 4.78 is 10.1. The number of methoxy groups -OCH3 is 1. The second-order valence-corrected chi connectivity index (χ2v) is 5.58. The zero-order valence-electron chi connectivity index (χ0n) is 13.1. The van der Waals surface area contributed by atoms with Crippen LogP contribution in [0.5, 0.6) is 5.75 Å². The van der Waals surface area contributed by atoms with Gasteiger partial charge in [-0.2, -0.15) is 0 Å². The van der Waals surface area contributed by atoms with Crippen LogP contribution in [0, 0.1) is 6.92 Å². The number of benzene rings is 1. The van der Waals surface area contributed by atoms with Gasteiger partial charge in [0, 0.05) is 5.69 Å². The van der Waals surface area contributed by atoms with Gasteiger partial charge in [0.25, 0.3) is 0 Å². The molecule has 0 aliphatic rings. The van der Waals surface area contributed by atoms with Crippen LogP contribution in [-0.4, -0.2) is 31.3 Å². The number of aryl methyl sites for hydroxylation is 1. The number of hydrogen-bond donors (Lipinski definition) is 2. The van der Waals surface area contributed by atoms with E-state index < -0.39 is 11.7 Å². The minimum absolute atomic E-state index is 0.152. The van der Waals surface area contributed by atoms with Crippen molar-refractivity contribution >= 4 is 17.7 Å². The Balaban J connectivity index is 2.49. The summed E-state index contributed by atoms with van der Waals surface area (Å²) >= 11 is 0. The van der Waals surface area contributed by atoms with Gasteiger partial charge in [0.05, 0.1) is 7.11 Å². The van der Waals surface area contributed by atoms with Crippen molar-refractivity contribution in [1.29, 1.82) is 0 Å². The van der Waals surface area contributed by atoms with Gasteiger partial charge in [-0.1, -0.05) is 0 Å². The number of hydrogen-bond acceptors (Lipinski definition) is 4. The standard InChI is InChI=1S/C15H22N2O4/c1-10-8-11(20-5)6-7-12(10)17-13(18)9-16-14(19)21-15(2,3)4/h6-8H,9H2,1-5H3,(H,16,19)(H,17,18). The van der Waals surface area contributed by atoms with E-state index in [9.17, 15) is 9.59 Å². The number of amides is 2. The van der Waals surface area contributed by atoms with Crippen molar-refractivity contribution < 1.29 is 19.1 Å². The first-order valence-corrected chi connectivity index (χ1v) is 6.62. The van der Waals surface area contributed by atoms with Gasteiger partial charge in [-0.15, -0.1) is 0 Å². The molecule has 0 spiro atoms. The van der Waals surface area contributed by atoms with Gasteiger partial charge >= 0.3 is 6.09 Å². The fourth-order valence-electron chi connectivity index (χ4n) is 1.56. The zero-order chi connectivity index (χ0) is 16.0. The van der Waals surface area contributed by atoms with Gasteiger partial charge in [-0.25, -0.2) is 4.79 Å². The lowest BCUT2D eigenvalue weighted by molar-refractivity contribution is -0.115. The van der Waals surface area contributed by atoms with Crippen molar-refractivity contribution in [2.75, 3.05) is 19.0 Å². The highest BCUT2D eigenvalue weighted by Crippen LogP contribution is 2.20. The number of nitrogens with one attached hydrogen (secondary N) is 2. The lowest BCUT2D eigenvalue weighted by atomic mass is 10.2. The van der Waals surface area contributed by atoms with Crippen LogP contribution in [0.25, 0.3) is 0 Å². The predicted octanol–water partition coefficient (Wildman–Crippen LogP) is 2.47. The summed E-state index contributed by atoms with van der Waals surface area (Å²) in [5.74, 6) is 0.395. The molecule has 0 fully saturated rings. The molecular weight excluding hydrogens is 272 g/mol. The second kappa shape index (κ2) is 6.97. The van der Waals surface area contributed by atoms with E-state index in [0.29, 0.717) is 5.69 Å². The SMILES string of the molecule is COc1ccc(NC(=O)CNC(=O)OC(C)(C)C)c(C)c1. The molecule has 0 aliphatic carbocycles. The molecular formula is C15H22N2O4. The number of anilines is 1. The molecule has 0 radical (unpaired) electrons. The number of alkyl carbamates (subject to hydrolysis) is 1. The molecule has 0 bridgehead atoms. The number of rotatable bonds is 4. The number of carbonyl (C=O) groups excluding carboxylic acids is 2. The normalized spacial score (nSPS) is 10.7. The minimum Gasteiger partial charge on any atom is -0.497 e. The molecule has 2 N–H and O–H groups in total. The largest absolute Gasteiger partial charge is 0.497 e. The van der Waals surface area contributed by atoms with E-state index in [0.717, 1.165) is 11.3 Å². The fourth-order valence-corrected chi connectivity index (χ4v) is 1.56. The number of carbonyl (C=O) groups is 2. The third kappa shape index (κ3) is 6.16. The average molecular weight is 294 g/mol. The van der Waals surface area contributed by atoms with Crippen molar-refractivity contribution in [3.05, 3.63) is 23.8 Å². The van der Waals surface area contributed by atoms with Crippen molar-refractivity contribution in [1.82, 2.24) is 5.32 Å². The topological polar surface area (TPSA) is 76.7 Å². The lowest BCUT2D eigenvalue weighted by Crippen LogP contribution is -2.37. The lowest BCUT2D eigenvalue weighted by Gasteiger charge is -2.19. The van der Waals surface area contributed by atoms with E-state index in [4.69, 9.17) is 9.47 Å². The van der Waals surface area contributed by atoms with Crippen molar-refractivity contribution in [3.8, 4) is 5.75 Å². The summed E-state index contributed by atoms with van der Waals surface area (Å²) in [5.41, 5.74) is 0.958. The van der Waals surface area contributed by atoms with E-state index in [1.54, 1.807) is 40.0 Å². The first kappa shape index (κ1) is 16.8. The summed E-state index contributed by atoms with van der Waals surface area (Å²) in [6, 6.07) is 5.32. The molecule has 0 heterocycles. The van der Waals surface area contributed by atoms with Gasteiger partial charge < -0.3 is 20.1 Å². The first-order valence-electron chi connectivity index (χ1n) is 6.62. The Bertz CT molecular complexity index is 521. The molecule has 0 aliphatic heterocycles. The van der Waals surface area contributed by atoms with Crippen LogP contribution in [0.3, 0.4) is 0 Å². The quantitative estimate of drug-likeness (QED) is 0.894. The highest BCUT2D eigenvalue weighted by molar-refractivity contribution is 5.94. The maximum Gasteiger partial charge on any atom is 0.408 e. The van der Waals surface area contributed by atoms with Crippen LogP contribution in [0.1, 0.15) is 26.3 Å². The van der Waals surface area contributed by atoms with Crippen LogP contribution in [0.4, 0.5) is 10.5 Å². The molecule has 0 saturated carbocycles. The maximum atomic E-state index is 11.8. The van der Waals surface area contributed by atoms with Crippen molar-refractivity contribution in [2.24, 2.45) is 0 Å². The molecule has 1 aromatic rings. The molecule has 116 valence electrons. The fraction of sp³-hybridized carbons (Fsp3) is 0.467. The molecule has 0 saturated heterocycles. The van der Waals surface area contributed by atoms with E-state index in [1.807, 2.05) is 13.0 Å². The molecule has 6 heteroatoms. The Hall–Kier alpha value is -2.24. The Kier molecular flexibility index (Phi) is 5.58. The van der Waals surface area contributed by atoms with E-state index in [-0.39, 0.29) is 12.5 Å². The van der Waals surface area contributed by atoms with Gasteiger partial charge in [-0.3, -0.25) is 4.79 Å². The van der Waals surface area contributed by atoms with Crippen LogP contribution in [-0.2, 0) is 9.53 Å². The number of ether oxygens (including phenoxy) is 2. The Morgan fingerprint density at radius 3 is 2.43 bits per heavy atom. The third-order valence-corrected chi connectivity index (χ3v) is 2.50. The van der Waals surface area contributed by atoms with Crippen molar-refractivity contribution in [3.63, 3.8) is 0 Å². The summed E-state index contributed by atoms with van der Waals surface area (Å²) in [7, 11) is 1.58. The summed E-state index contributed by atoms with van der Waals surface area (Å²) in [6.07, 6.45) is -0.621. The molecule has 0 aromatic heterocycles.